The largest absolute Gasteiger partial charge is 0.504 e. The number of methoxy groups -OCH3 is 1. The van der Waals surface area contributed by atoms with Crippen LogP contribution in [0.4, 0.5) is 14.5 Å². The summed E-state index contributed by atoms with van der Waals surface area (Å²) >= 11 is 0. The van der Waals surface area contributed by atoms with Crippen molar-refractivity contribution in [1.82, 2.24) is 0 Å². The van der Waals surface area contributed by atoms with E-state index >= 15 is 0 Å². The molecule has 2 aliphatic rings. The maximum absolute atomic E-state index is 14.6. The molecule has 0 aliphatic carbocycles. The molecule has 0 amide bonds. The maximum atomic E-state index is 14.6. The smallest absolute Gasteiger partial charge is 0.172 e. The van der Waals surface area contributed by atoms with Gasteiger partial charge in [-0.3, -0.25) is 0 Å². The lowest BCUT2D eigenvalue weighted by Gasteiger charge is -2.35. The Balaban J connectivity index is 1.58. The lowest BCUT2D eigenvalue weighted by molar-refractivity contribution is 0.371. The van der Waals surface area contributed by atoms with Gasteiger partial charge in [0, 0.05) is 34.0 Å². The van der Waals surface area contributed by atoms with E-state index in [0.717, 1.165) is 39.6 Å². The second kappa shape index (κ2) is 9.02. The van der Waals surface area contributed by atoms with E-state index in [0.29, 0.717) is 33.9 Å². The summed E-state index contributed by atoms with van der Waals surface area (Å²) in [6.07, 6.45) is 4.10. The maximum Gasteiger partial charge on any atom is 0.172 e. The number of allylic oxidation sites excluding steroid dienone is 1. The van der Waals surface area contributed by atoms with Crippen molar-refractivity contribution in [3.05, 3.63) is 101 Å². The number of nitrogens with one attached hydrogen (secondary N) is 1. The van der Waals surface area contributed by atoms with Gasteiger partial charge in [0.2, 0.25) is 0 Å². The van der Waals surface area contributed by atoms with E-state index in [2.05, 4.69) is 32.2 Å². The van der Waals surface area contributed by atoms with E-state index in [4.69, 9.17) is 9.47 Å². The molecule has 2 aliphatic heterocycles. The Morgan fingerprint density at radius 2 is 1.72 bits per heavy atom. The van der Waals surface area contributed by atoms with Gasteiger partial charge in [-0.05, 0) is 79.9 Å². The van der Waals surface area contributed by atoms with Gasteiger partial charge in [-0.2, -0.15) is 0 Å². The molecule has 39 heavy (non-hydrogen) atoms. The van der Waals surface area contributed by atoms with Gasteiger partial charge in [0.25, 0.3) is 0 Å². The Morgan fingerprint density at radius 3 is 2.49 bits per heavy atom. The van der Waals surface area contributed by atoms with Crippen LogP contribution in [0.25, 0.3) is 39.7 Å². The average Bonchev–Trinajstić information content (AvgIpc) is 2.88. The Kier molecular flexibility index (Phi) is 5.72. The lowest BCUT2D eigenvalue weighted by atomic mass is 9.82. The SMILES string of the molecule is COc1c(O)ccc2c1-c1ccc3c(c1/C(=C/c1cccc(-c4ccc(F)cc4F)c1)O2)C(C)=CC(C)(C)N3. The number of ether oxygens (including phenoxy) is 2. The van der Waals surface area contributed by atoms with Crippen LogP contribution in [0.1, 0.15) is 37.5 Å². The second-order valence-electron chi connectivity index (χ2n) is 10.4. The standard InChI is InChI=1S/C33H27F2NO3/c1-18-17-33(2,3)36-25-11-10-23-30(29(18)25)28(39-27-13-12-26(37)32(38-4)31(23)27)15-19-6-5-7-20(14-19)22-9-8-21(34)16-24(22)35/h5-17,36-37H,1-4H3/b28-15-. The van der Waals surface area contributed by atoms with Crippen LogP contribution in [-0.2, 0) is 0 Å². The first-order valence-electron chi connectivity index (χ1n) is 12.7. The molecule has 6 heteroatoms. The molecule has 4 aromatic carbocycles. The van der Waals surface area contributed by atoms with Crippen LogP contribution < -0.4 is 14.8 Å². The van der Waals surface area contributed by atoms with Crippen molar-refractivity contribution in [3.8, 4) is 39.5 Å². The third-order valence-electron chi connectivity index (χ3n) is 7.10. The predicted molar refractivity (Wildman–Crippen MR) is 152 cm³/mol. The van der Waals surface area contributed by atoms with Crippen LogP contribution in [0.15, 0.2) is 72.8 Å². The molecule has 0 spiro atoms. The lowest BCUT2D eigenvalue weighted by Crippen LogP contribution is -2.32. The minimum atomic E-state index is -0.622. The zero-order valence-electron chi connectivity index (χ0n) is 22.0. The molecule has 196 valence electrons. The first kappa shape index (κ1) is 24.7. The van der Waals surface area contributed by atoms with Crippen molar-refractivity contribution in [2.45, 2.75) is 26.3 Å². The van der Waals surface area contributed by atoms with Crippen molar-refractivity contribution in [3.63, 3.8) is 0 Å². The minimum Gasteiger partial charge on any atom is -0.504 e. The van der Waals surface area contributed by atoms with Crippen molar-refractivity contribution in [1.29, 1.82) is 0 Å². The van der Waals surface area contributed by atoms with Crippen molar-refractivity contribution < 1.29 is 23.4 Å². The molecule has 4 nitrogen and oxygen atoms in total. The first-order valence-corrected chi connectivity index (χ1v) is 12.7. The van der Waals surface area contributed by atoms with Gasteiger partial charge in [-0.1, -0.05) is 30.3 Å². The van der Waals surface area contributed by atoms with Crippen molar-refractivity contribution in [2.24, 2.45) is 0 Å². The number of hydrogen-bond acceptors (Lipinski definition) is 4. The van der Waals surface area contributed by atoms with Crippen LogP contribution >= 0.6 is 0 Å². The van der Waals surface area contributed by atoms with Gasteiger partial charge in [0.15, 0.2) is 11.5 Å². The molecule has 0 atom stereocenters. The quantitative estimate of drug-likeness (QED) is 0.283. The Bertz CT molecular complexity index is 1720. The molecule has 4 aromatic rings. The molecule has 0 fully saturated rings. The molecule has 0 saturated carbocycles. The minimum absolute atomic E-state index is 0.0245. The van der Waals surface area contributed by atoms with Gasteiger partial charge in [-0.25, -0.2) is 8.78 Å². The zero-order chi connectivity index (χ0) is 27.5. The van der Waals surface area contributed by atoms with Crippen LogP contribution in [0.2, 0.25) is 0 Å². The second-order valence-corrected chi connectivity index (χ2v) is 10.4. The number of phenols is 1. The number of benzene rings is 4. The van der Waals surface area contributed by atoms with Crippen molar-refractivity contribution >= 4 is 23.1 Å². The van der Waals surface area contributed by atoms with Gasteiger partial charge < -0.3 is 19.9 Å². The van der Waals surface area contributed by atoms with Crippen LogP contribution in [-0.4, -0.2) is 17.8 Å². The van der Waals surface area contributed by atoms with Gasteiger partial charge >= 0.3 is 0 Å². The van der Waals surface area contributed by atoms with Crippen LogP contribution in [0, 0.1) is 11.6 Å². The highest BCUT2D eigenvalue weighted by atomic mass is 19.1. The number of halogens is 2. The summed E-state index contributed by atoms with van der Waals surface area (Å²) in [7, 11) is 1.52. The highest BCUT2D eigenvalue weighted by Gasteiger charge is 2.33. The normalized spacial score (nSPS) is 15.8. The molecule has 0 aromatic heterocycles. The molecule has 0 bridgehead atoms. The fraction of sp³-hybridized carbons (Fsp3) is 0.152. The monoisotopic (exact) mass is 523 g/mol. The third kappa shape index (κ3) is 4.22. The summed E-state index contributed by atoms with van der Waals surface area (Å²) in [6.45, 7) is 6.30. The summed E-state index contributed by atoms with van der Waals surface area (Å²) in [4.78, 5) is 0. The van der Waals surface area contributed by atoms with E-state index in [1.165, 1.54) is 19.2 Å². The summed E-state index contributed by atoms with van der Waals surface area (Å²) in [5.41, 5.74) is 6.95. The van der Waals surface area contributed by atoms with Gasteiger partial charge in [-0.15, -0.1) is 0 Å². The number of fused-ring (bicyclic) bond motifs is 5. The van der Waals surface area contributed by atoms with Crippen LogP contribution in [0.5, 0.6) is 17.2 Å². The molecule has 2 N–H and O–H groups in total. The van der Waals surface area contributed by atoms with E-state index in [1.54, 1.807) is 18.2 Å². The first-order chi connectivity index (χ1) is 18.6. The Labute approximate surface area is 225 Å². The molecule has 6 rings (SSSR count). The zero-order valence-corrected chi connectivity index (χ0v) is 22.0. The molecule has 0 saturated heterocycles. The average molecular weight is 524 g/mol. The number of hydrogen-bond donors (Lipinski definition) is 2. The van der Waals surface area contributed by atoms with Gasteiger partial charge in [0.05, 0.1) is 18.2 Å². The molecular formula is C33H27F2NO3. The number of phenolic OH excluding ortho intramolecular Hbond substituents is 1. The van der Waals surface area contributed by atoms with E-state index in [1.807, 2.05) is 36.4 Å². The van der Waals surface area contributed by atoms with Gasteiger partial charge in [0.1, 0.15) is 23.1 Å². The molecule has 0 unspecified atom stereocenters. The summed E-state index contributed by atoms with van der Waals surface area (Å²) in [6, 6.07) is 18.3. The summed E-state index contributed by atoms with van der Waals surface area (Å²) in [5, 5.41) is 14.2. The summed E-state index contributed by atoms with van der Waals surface area (Å²) < 4.78 is 40.2. The predicted octanol–water partition coefficient (Wildman–Crippen LogP) is 8.51. The van der Waals surface area contributed by atoms with E-state index < -0.39 is 11.6 Å². The number of aromatic hydroxyl groups is 1. The highest BCUT2D eigenvalue weighted by molar-refractivity contribution is 6.02. The third-order valence-corrected chi connectivity index (χ3v) is 7.10. The summed E-state index contributed by atoms with van der Waals surface area (Å²) in [5.74, 6) is 0.280. The topological polar surface area (TPSA) is 50.7 Å². The van der Waals surface area contributed by atoms with E-state index in [9.17, 15) is 13.9 Å². The fourth-order valence-corrected chi connectivity index (χ4v) is 5.62. The van der Waals surface area contributed by atoms with Crippen LogP contribution in [0.3, 0.4) is 0 Å². The molecule has 2 heterocycles. The number of rotatable bonds is 3. The van der Waals surface area contributed by atoms with Crippen molar-refractivity contribution in [2.75, 3.05) is 12.4 Å². The Morgan fingerprint density at radius 1 is 0.923 bits per heavy atom. The molecular weight excluding hydrogens is 496 g/mol. The van der Waals surface area contributed by atoms with E-state index in [-0.39, 0.29) is 11.3 Å². The number of anilines is 1. The fourth-order valence-electron chi connectivity index (χ4n) is 5.62. The highest BCUT2D eigenvalue weighted by Crippen LogP contribution is 2.54. The molecule has 0 radical (unpaired) electrons. The Hall–Kier alpha value is -4.58.